The molecule has 5 heteroatoms. The van der Waals surface area contributed by atoms with Crippen LogP contribution in [-0.4, -0.2) is 48.5 Å². The van der Waals surface area contributed by atoms with E-state index in [1.54, 1.807) is 0 Å². The Labute approximate surface area is 120 Å². The van der Waals surface area contributed by atoms with Crippen LogP contribution < -0.4 is 10.6 Å². The number of amides is 1. The maximum atomic E-state index is 11.7. The Morgan fingerprint density at radius 3 is 2.75 bits per heavy atom. The Morgan fingerprint density at radius 1 is 1.45 bits per heavy atom. The number of hydrogen-bond donors (Lipinski definition) is 1. The molecular formula is C15H24N4O. The van der Waals surface area contributed by atoms with E-state index in [0.717, 1.165) is 43.1 Å². The lowest BCUT2D eigenvalue weighted by Gasteiger charge is -2.40. The molecule has 1 fully saturated rings. The number of pyridine rings is 1. The molecule has 1 aromatic rings. The van der Waals surface area contributed by atoms with Crippen LogP contribution in [0.5, 0.6) is 0 Å². The van der Waals surface area contributed by atoms with Crippen LogP contribution in [-0.2, 0) is 0 Å². The summed E-state index contributed by atoms with van der Waals surface area (Å²) in [6, 6.07) is 2.35. The van der Waals surface area contributed by atoms with Crippen molar-refractivity contribution in [3.63, 3.8) is 0 Å². The molecule has 1 aliphatic heterocycles. The van der Waals surface area contributed by atoms with E-state index in [1.807, 2.05) is 19.9 Å². The average molecular weight is 276 g/mol. The van der Waals surface area contributed by atoms with Crippen LogP contribution in [0.1, 0.15) is 35.0 Å². The zero-order valence-electron chi connectivity index (χ0n) is 12.8. The van der Waals surface area contributed by atoms with Crippen LogP contribution in [0.4, 0.5) is 5.82 Å². The molecule has 0 radical (unpaired) electrons. The number of nitrogens with zero attached hydrogens (tertiary/aromatic N) is 3. The van der Waals surface area contributed by atoms with E-state index in [1.165, 1.54) is 0 Å². The predicted molar refractivity (Wildman–Crippen MR) is 81.2 cm³/mol. The minimum Gasteiger partial charge on any atom is -0.365 e. The Balaban J connectivity index is 2.36. The number of anilines is 1. The van der Waals surface area contributed by atoms with Crippen LogP contribution >= 0.6 is 0 Å². The van der Waals surface area contributed by atoms with E-state index >= 15 is 0 Å². The van der Waals surface area contributed by atoms with Crippen molar-refractivity contribution < 1.29 is 4.79 Å². The Kier molecular flexibility index (Phi) is 4.28. The summed E-state index contributed by atoms with van der Waals surface area (Å²) in [6.45, 7) is 8.86. The van der Waals surface area contributed by atoms with Crippen LogP contribution in [0.3, 0.4) is 0 Å². The summed E-state index contributed by atoms with van der Waals surface area (Å²) >= 11 is 0. The first-order chi connectivity index (χ1) is 9.43. The summed E-state index contributed by atoms with van der Waals surface area (Å²) < 4.78 is 0. The Hall–Kier alpha value is -1.62. The largest absolute Gasteiger partial charge is 0.365 e. The van der Waals surface area contributed by atoms with Gasteiger partial charge >= 0.3 is 0 Å². The third-order valence-corrected chi connectivity index (χ3v) is 4.26. The molecule has 2 heterocycles. The highest BCUT2D eigenvalue weighted by Crippen LogP contribution is 2.24. The SMILES string of the molecule is CC[C@@H]1CN(c2nc(C)c(C)cc2C(N)=O)CCN1C. The summed E-state index contributed by atoms with van der Waals surface area (Å²) in [5, 5.41) is 0. The molecule has 1 saturated heterocycles. The van der Waals surface area contributed by atoms with Crippen molar-refractivity contribution >= 4 is 11.7 Å². The lowest BCUT2D eigenvalue weighted by Crippen LogP contribution is -2.52. The van der Waals surface area contributed by atoms with Gasteiger partial charge in [0.2, 0.25) is 0 Å². The molecule has 0 unspecified atom stereocenters. The van der Waals surface area contributed by atoms with Gasteiger partial charge < -0.3 is 10.6 Å². The monoisotopic (exact) mass is 276 g/mol. The molecule has 0 aromatic carbocycles. The molecule has 1 aromatic heterocycles. The molecule has 110 valence electrons. The van der Waals surface area contributed by atoms with Gasteiger partial charge in [-0.1, -0.05) is 6.92 Å². The lowest BCUT2D eigenvalue weighted by atomic mass is 10.1. The van der Waals surface area contributed by atoms with Gasteiger partial charge in [-0.15, -0.1) is 0 Å². The fourth-order valence-electron chi connectivity index (χ4n) is 2.69. The quantitative estimate of drug-likeness (QED) is 0.904. The standard InChI is InChI=1S/C15H24N4O/c1-5-12-9-19(7-6-18(12)4)15-13(14(16)20)8-10(2)11(3)17-15/h8,12H,5-7,9H2,1-4H3,(H2,16,20)/t12-/m1/s1. The highest BCUT2D eigenvalue weighted by Gasteiger charge is 2.26. The smallest absolute Gasteiger partial charge is 0.252 e. The van der Waals surface area contributed by atoms with Crippen LogP contribution in [0, 0.1) is 13.8 Å². The molecule has 1 amide bonds. The number of carbonyl (C=O) groups is 1. The lowest BCUT2D eigenvalue weighted by molar-refractivity contribution is 0.1000. The van der Waals surface area contributed by atoms with Gasteiger partial charge in [-0.05, 0) is 38.9 Å². The van der Waals surface area contributed by atoms with Gasteiger partial charge in [0.15, 0.2) is 0 Å². The summed E-state index contributed by atoms with van der Waals surface area (Å²) in [5.41, 5.74) is 8.01. The number of rotatable bonds is 3. The van der Waals surface area contributed by atoms with E-state index in [-0.39, 0.29) is 0 Å². The molecule has 2 rings (SSSR count). The average Bonchev–Trinajstić information content (AvgIpc) is 2.41. The van der Waals surface area contributed by atoms with Crippen molar-refractivity contribution in [2.75, 3.05) is 31.6 Å². The third kappa shape index (κ3) is 2.77. The second-order valence-corrected chi connectivity index (χ2v) is 5.61. The van der Waals surface area contributed by atoms with Crippen molar-refractivity contribution in [1.29, 1.82) is 0 Å². The van der Waals surface area contributed by atoms with Crippen LogP contribution in [0.25, 0.3) is 0 Å². The Bertz CT molecular complexity index is 515. The van der Waals surface area contributed by atoms with Crippen molar-refractivity contribution in [3.8, 4) is 0 Å². The van der Waals surface area contributed by atoms with E-state index in [9.17, 15) is 4.79 Å². The first-order valence-electron chi connectivity index (χ1n) is 7.17. The molecule has 0 spiro atoms. The van der Waals surface area contributed by atoms with Gasteiger partial charge in [-0.25, -0.2) is 4.98 Å². The first-order valence-corrected chi connectivity index (χ1v) is 7.17. The van der Waals surface area contributed by atoms with E-state index in [4.69, 9.17) is 5.73 Å². The zero-order chi connectivity index (χ0) is 14.9. The fraction of sp³-hybridized carbons (Fsp3) is 0.600. The molecule has 0 bridgehead atoms. The van der Waals surface area contributed by atoms with Gasteiger partial charge in [-0.3, -0.25) is 9.69 Å². The number of likely N-dealkylation sites (N-methyl/N-ethyl adjacent to an activating group) is 1. The molecule has 0 saturated carbocycles. The molecule has 20 heavy (non-hydrogen) atoms. The van der Waals surface area contributed by atoms with Crippen molar-refractivity contribution in [1.82, 2.24) is 9.88 Å². The maximum absolute atomic E-state index is 11.7. The van der Waals surface area contributed by atoms with Gasteiger partial charge in [0, 0.05) is 31.4 Å². The van der Waals surface area contributed by atoms with Gasteiger partial charge in [0.25, 0.3) is 5.91 Å². The van der Waals surface area contributed by atoms with E-state index in [2.05, 4.69) is 28.8 Å². The summed E-state index contributed by atoms with van der Waals surface area (Å²) in [4.78, 5) is 20.9. The number of primary amides is 1. The van der Waals surface area contributed by atoms with Crippen molar-refractivity contribution in [2.24, 2.45) is 5.73 Å². The number of nitrogens with two attached hydrogens (primary N) is 1. The molecular weight excluding hydrogens is 252 g/mol. The van der Waals surface area contributed by atoms with E-state index < -0.39 is 5.91 Å². The normalized spacial score (nSPS) is 20.2. The minimum absolute atomic E-state index is 0.400. The predicted octanol–water partition coefficient (Wildman–Crippen LogP) is 1.33. The zero-order valence-corrected chi connectivity index (χ0v) is 12.8. The second kappa shape index (κ2) is 5.79. The van der Waals surface area contributed by atoms with Gasteiger partial charge in [0.05, 0.1) is 5.56 Å². The van der Waals surface area contributed by atoms with Crippen molar-refractivity contribution in [2.45, 2.75) is 33.2 Å². The summed E-state index contributed by atoms with van der Waals surface area (Å²) in [6.07, 6.45) is 1.09. The van der Waals surface area contributed by atoms with Crippen LogP contribution in [0.15, 0.2) is 6.07 Å². The number of hydrogen-bond acceptors (Lipinski definition) is 4. The number of carbonyl (C=O) groups excluding carboxylic acids is 1. The third-order valence-electron chi connectivity index (χ3n) is 4.26. The topological polar surface area (TPSA) is 62.5 Å². The fourth-order valence-corrected chi connectivity index (χ4v) is 2.69. The first kappa shape index (κ1) is 14.8. The second-order valence-electron chi connectivity index (χ2n) is 5.61. The van der Waals surface area contributed by atoms with Crippen LogP contribution in [0.2, 0.25) is 0 Å². The van der Waals surface area contributed by atoms with Gasteiger partial charge in [0.1, 0.15) is 5.82 Å². The molecule has 2 N–H and O–H groups in total. The van der Waals surface area contributed by atoms with E-state index in [0.29, 0.717) is 11.6 Å². The summed E-state index contributed by atoms with van der Waals surface area (Å²) in [7, 11) is 2.15. The highest BCUT2D eigenvalue weighted by atomic mass is 16.1. The number of aryl methyl sites for hydroxylation is 2. The molecule has 0 aliphatic carbocycles. The van der Waals surface area contributed by atoms with Crippen molar-refractivity contribution in [3.05, 3.63) is 22.9 Å². The molecule has 5 nitrogen and oxygen atoms in total. The molecule has 1 aliphatic rings. The summed E-state index contributed by atoms with van der Waals surface area (Å²) in [5.74, 6) is 0.342. The highest BCUT2D eigenvalue weighted by molar-refractivity contribution is 5.98. The molecule has 1 atom stereocenters. The van der Waals surface area contributed by atoms with Gasteiger partial charge in [-0.2, -0.15) is 0 Å². The number of piperazine rings is 1. The maximum Gasteiger partial charge on any atom is 0.252 e. The minimum atomic E-state index is -0.400. The Morgan fingerprint density at radius 2 is 2.15 bits per heavy atom. The number of aromatic nitrogens is 1.